The smallest absolute Gasteiger partial charge is 0.156 e. The summed E-state index contributed by atoms with van der Waals surface area (Å²) in [6, 6.07) is 7.99. The van der Waals surface area contributed by atoms with Crippen LogP contribution in [0, 0.1) is 17.3 Å². The Bertz CT molecular complexity index is 987. The van der Waals surface area contributed by atoms with Crippen LogP contribution in [-0.2, 0) is 9.53 Å². The van der Waals surface area contributed by atoms with E-state index in [1.54, 1.807) is 0 Å². The second-order valence-corrected chi connectivity index (χ2v) is 10.5. The van der Waals surface area contributed by atoms with E-state index in [0.717, 1.165) is 44.8 Å². The molecule has 1 N–H and O–H groups in total. The molecule has 0 heterocycles. The standard InChI is InChI=1S/C28H34O4/c1-3-32-17-28(31)13-12-25-23-10-8-20-14-21(30)9-11-22(20)26(23)24(15-27(25,28)2)19-6-4-18(16-29)5-7-19/h4-7,14,16,23-25,31H,3,8-13,15,17H2,1-2H3/t23-,24+,25-,27-,28+/m0/s1. The highest BCUT2D eigenvalue weighted by atomic mass is 16.5. The van der Waals surface area contributed by atoms with Gasteiger partial charge in [-0.1, -0.05) is 36.8 Å². The van der Waals surface area contributed by atoms with Crippen molar-refractivity contribution in [3.8, 4) is 0 Å². The third-order valence-electron chi connectivity index (χ3n) is 9.08. The van der Waals surface area contributed by atoms with E-state index in [9.17, 15) is 14.7 Å². The second-order valence-electron chi connectivity index (χ2n) is 10.5. The highest BCUT2D eigenvalue weighted by Gasteiger charge is 2.62. The van der Waals surface area contributed by atoms with Crippen molar-refractivity contribution in [3.63, 3.8) is 0 Å². The maximum absolute atomic E-state index is 12.1. The third-order valence-corrected chi connectivity index (χ3v) is 9.08. The Kier molecular flexibility index (Phi) is 5.50. The molecule has 4 aliphatic carbocycles. The quantitative estimate of drug-likeness (QED) is 0.650. The molecule has 0 spiro atoms. The zero-order chi connectivity index (χ0) is 22.5. The number of aliphatic hydroxyl groups is 1. The van der Waals surface area contributed by atoms with Gasteiger partial charge in [-0.05, 0) is 80.1 Å². The lowest BCUT2D eigenvalue weighted by molar-refractivity contribution is -0.133. The number of benzene rings is 1. The molecule has 5 atom stereocenters. The van der Waals surface area contributed by atoms with Crippen LogP contribution in [0.1, 0.15) is 80.6 Å². The summed E-state index contributed by atoms with van der Waals surface area (Å²) >= 11 is 0. The number of rotatable bonds is 5. The number of carbonyl (C=O) groups excluding carboxylic acids is 2. The van der Waals surface area contributed by atoms with Crippen LogP contribution in [0.2, 0.25) is 0 Å². The maximum Gasteiger partial charge on any atom is 0.156 e. The van der Waals surface area contributed by atoms with Crippen molar-refractivity contribution in [2.45, 2.75) is 70.3 Å². The molecule has 0 aromatic heterocycles. The van der Waals surface area contributed by atoms with Gasteiger partial charge < -0.3 is 9.84 Å². The molecule has 0 saturated heterocycles. The lowest BCUT2D eigenvalue weighted by Gasteiger charge is -2.54. The summed E-state index contributed by atoms with van der Waals surface area (Å²) in [6.07, 6.45) is 8.91. The first-order valence-corrected chi connectivity index (χ1v) is 12.2. The highest BCUT2D eigenvalue weighted by molar-refractivity contribution is 5.93. The fourth-order valence-electron chi connectivity index (χ4n) is 7.37. The number of allylic oxidation sites excluding steroid dienone is 4. The van der Waals surface area contributed by atoms with Crippen molar-refractivity contribution in [2.24, 2.45) is 17.3 Å². The van der Waals surface area contributed by atoms with Gasteiger partial charge in [0.25, 0.3) is 0 Å². The Morgan fingerprint density at radius 3 is 2.66 bits per heavy atom. The van der Waals surface area contributed by atoms with Crippen LogP contribution in [0.4, 0.5) is 0 Å². The van der Waals surface area contributed by atoms with Crippen LogP contribution in [0.5, 0.6) is 0 Å². The molecule has 0 unspecified atom stereocenters. The van der Waals surface area contributed by atoms with E-state index in [1.807, 2.05) is 25.1 Å². The summed E-state index contributed by atoms with van der Waals surface area (Å²) in [5.74, 6) is 1.31. The van der Waals surface area contributed by atoms with Gasteiger partial charge in [-0.3, -0.25) is 9.59 Å². The van der Waals surface area contributed by atoms with Crippen molar-refractivity contribution in [1.82, 2.24) is 0 Å². The summed E-state index contributed by atoms with van der Waals surface area (Å²) in [5, 5.41) is 11.8. The molecule has 4 heteroatoms. The van der Waals surface area contributed by atoms with E-state index in [0.29, 0.717) is 37.0 Å². The van der Waals surface area contributed by atoms with Gasteiger partial charge in [-0.25, -0.2) is 0 Å². The van der Waals surface area contributed by atoms with Gasteiger partial charge in [-0.2, -0.15) is 0 Å². The lowest BCUT2D eigenvalue weighted by atomic mass is 9.51. The maximum atomic E-state index is 12.1. The molecular formula is C28H34O4. The van der Waals surface area contributed by atoms with Gasteiger partial charge in [-0.15, -0.1) is 0 Å². The van der Waals surface area contributed by atoms with E-state index in [-0.39, 0.29) is 17.1 Å². The average molecular weight is 435 g/mol. The minimum absolute atomic E-state index is 0.195. The fourth-order valence-corrected chi connectivity index (χ4v) is 7.37. The van der Waals surface area contributed by atoms with Gasteiger partial charge in [0.15, 0.2) is 5.78 Å². The molecule has 32 heavy (non-hydrogen) atoms. The molecule has 5 rings (SSSR count). The van der Waals surface area contributed by atoms with E-state index in [2.05, 4.69) is 19.1 Å². The van der Waals surface area contributed by atoms with Crippen LogP contribution < -0.4 is 0 Å². The average Bonchev–Trinajstić information content (AvgIpc) is 3.07. The van der Waals surface area contributed by atoms with Crippen molar-refractivity contribution in [2.75, 3.05) is 13.2 Å². The first-order chi connectivity index (χ1) is 15.4. The normalized spacial score (nSPS) is 36.3. The number of hydrogen-bond acceptors (Lipinski definition) is 4. The van der Waals surface area contributed by atoms with Crippen molar-refractivity contribution >= 4 is 12.1 Å². The van der Waals surface area contributed by atoms with E-state index < -0.39 is 5.60 Å². The molecule has 0 bridgehead atoms. The van der Waals surface area contributed by atoms with Crippen LogP contribution in [0.25, 0.3) is 0 Å². The number of hydrogen-bond donors (Lipinski definition) is 1. The number of ketones is 1. The van der Waals surface area contributed by atoms with Crippen molar-refractivity contribution < 1.29 is 19.4 Å². The van der Waals surface area contributed by atoms with Crippen molar-refractivity contribution in [3.05, 3.63) is 58.2 Å². The van der Waals surface area contributed by atoms with Crippen LogP contribution in [-0.4, -0.2) is 36.0 Å². The SMILES string of the molecule is CCOC[C@]1(O)CC[C@H]2[C@@H]3CCC4=CC(=O)CCC4=C3[C@@H](c3ccc(C=O)cc3)C[C@@]21C. The summed E-state index contributed by atoms with van der Waals surface area (Å²) < 4.78 is 5.79. The van der Waals surface area contributed by atoms with Gasteiger partial charge >= 0.3 is 0 Å². The highest BCUT2D eigenvalue weighted by Crippen LogP contribution is 2.66. The Morgan fingerprint density at radius 1 is 1.16 bits per heavy atom. The first-order valence-electron chi connectivity index (χ1n) is 12.2. The molecule has 4 nitrogen and oxygen atoms in total. The predicted octanol–water partition coefficient (Wildman–Crippen LogP) is 5.17. The molecule has 2 fully saturated rings. The summed E-state index contributed by atoms with van der Waals surface area (Å²) in [7, 11) is 0. The number of carbonyl (C=O) groups is 2. The molecule has 0 radical (unpaired) electrons. The molecule has 1 aromatic rings. The minimum atomic E-state index is -0.816. The summed E-state index contributed by atoms with van der Waals surface area (Å²) in [6.45, 7) is 5.28. The zero-order valence-electron chi connectivity index (χ0n) is 19.2. The van der Waals surface area contributed by atoms with E-state index in [1.165, 1.54) is 22.3 Å². The second kappa shape index (κ2) is 8.07. The Morgan fingerprint density at radius 2 is 1.94 bits per heavy atom. The molecule has 0 amide bonds. The number of fused-ring (bicyclic) bond motifs is 4. The van der Waals surface area contributed by atoms with Gasteiger partial charge in [0.1, 0.15) is 6.29 Å². The van der Waals surface area contributed by atoms with Crippen molar-refractivity contribution in [1.29, 1.82) is 0 Å². The first kappa shape index (κ1) is 21.8. The van der Waals surface area contributed by atoms with Gasteiger partial charge in [0, 0.05) is 29.9 Å². The Hall–Kier alpha value is -2.04. The van der Waals surface area contributed by atoms with Gasteiger partial charge in [0.2, 0.25) is 0 Å². The summed E-state index contributed by atoms with van der Waals surface area (Å²) in [5.41, 5.74) is 5.02. The van der Waals surface area contributed by atoms with Gasteiger partial charge in [0.05, 0.1) is 12.2 Å². The van der Waals surface area contributed by atoms with E-state index in [4.69, 9.17) is 4.74 Å². The monoisotopic (exact) mass is 434 g/mol. The molecular weight excluding hydrogens is 400 g/mol. The Balaban J connectivity index is 1.64. The summed E-state index contributed by atoms with van der Waals surface area (Å²) in [4.78, 5) is 23.4. The topological polar surface area (TPSA) is 63.6 Å². The molecule has 1 aromatic carbocycles. The molecule has 170 valence electrons. The van der Waals surface area contributed by atoms with Crippen LogP contribution in [0.15, 0.2) is 47.1 Å². The fraction of sp³-hybridized carbons (Fsp3) is 0.571. The van der Waals surface area contributed by atoms with Crippen LogP contribution in [0.3, 0.4) is 0 Å². The van der Waals surface area contributed by atoms with Crippen LogP contribution >= 0.6 is 0 Å². The lowest BCUT2D eigenvalue weighted by Crippen LogP contribution is -2.53. The predicted molar refractivity (Wildman–Crippen MR) is 124 cm³/mol. The minimum Gasteiger partial charge on any atom is -0.387 e. The number of aldehydes is 1. The Labute approximate surface area is 190 Å². The third kappa shape index (κ3) is 3.26. The largest absolute Gasteiger partial charge is 0.387 e. The molecule has 4 aliphatic rings. The zero-order valence-corrected chi connectivity index (χ0v) is 19.2. The molecule has 0 aliphatic heterocycles. The number of ether oxygens (including phenoxy) is 1. The van der Waals surface area contributed by atoms with E-state index >= 15 is 0 Å². The molecule has 2 saturated carbocycles.